The molecule has 3 nitrogen and oxygen atoms in total. The van der Waals surface area contributed by atoms with E-state index in [-0.39, 0.29) is 17.6 Å². The van der Waals surface area contributed by atoms with Gasteiger partial charge in [-0.15, -0.1) is 0 Å². The minimum Gasteiger partial charge on any atom is -0.508 e. The van der Waals surface area contributed by atoms with E-state index in [4.69, 9.17) is 0 Å². The van der Waals surface area contributed by atoms with Crippen molar-refractivity contribution in [2.75, 3.05) is 16.8 Å². The van der Waals surface area contributed by atoms with Gasteiger partial charge in [0.15, 0.2) is 0 Å². The molecule has 1 aromatic rings. The van der Waals surface area contributed by atoms with Gasteiger partial charge in [-0.25, -0.2) is 0 Å². The molecule has 0 aromatic heterocycles. The number of thioether (sulfide) groups is 1. The highest BCUT2D eigenvalue weighted by molar-refractivity contribution is 7.99. The summed E-state index contributed by atoms with van der Waals surface area (Å²) in [6.07, 6.45) is 0.965. The number of rotatable bonds is 2. The molecule has 0 saturated carbocycles. The fourth-order valence-corrected chi connectivity index (χ4v) is 3.13. The van der Waals surface area contributed by atoms with Crippen molar-refractivity contribution in [1.29, 1.82) is 0 Å². The van der Waals surface area contributed by atoms with E-state index in [1.54, 1.807) is 6.07 Å². The molecule has 1 aliphatic rings. The zero-order valence-electron chi connectivity index (χ0n) is 10.1. The lowest BCUT2D eigenvalue weighted by Gasteiger charge is -2.13. The highest BCUT2D eigenvalue weighted by Gasteiger charge is 2.23. The smallest absolute Gasteiger partial charge is 0.228 e. The van der Waals surface area contributed by atoms with Crippen LogP contribution in [0.4, 0.5) is 5.69 Å². The first kappa shape index (κ1) is 12.3. The summed E-state index contributed by atoms with van der Waals surface area (Å²) in [5, 5.41) is 12.5. The second-order valence-corrected chi connectivity index (χ2v) is 5.65. The number of anilines is 1. The van der Waals surface area contributed by atoms with Crippen LogP contribution in [0.5, 0.6) is 5.75 Å². The number of aromatic hydroxyl groups is 1. The lowest BCUT2D eigenvalue weighted by atomic mass is 10.1. The number of aryl methyl sites for hydroxylation is 2. The number of carbonyl (C=O) groups excluding carboxylic acids is 1. The van der Waals surface area contributed by atoms with E-state index in [1.165, 1.54) is 0 Å². The number of nitrogens with one attached hydrogen (secondary N) is 1. The topological polar surface area (TPSA) is 49.3 Å². The molecule has 0 aliphatic carbocycles. The maximum atomic E-state index is 12.0. The number of amides is 1. The van der Waals surface area contributed by atoms with Crippen LogP contribution < -0.4 is 5.32 Å². The van der Waals surface area contributed by atoms with E-state index in [0.717, 1.165) is 34.7 Å². The Kier molecular flexibility index (Phi) is 3.62. The Morgan fingerprint density at radius 3 is 2.82 bits per heavy atom. The largest absolute Gasteiger partial charge is 0.508 e. The molecule has 0 radical (unpaired) electrons. The van der Waals surface area contributed by atoms with Crippen LogP contribution in [0.25, 0.3) is 0 Å². The van der Waals surface area contributed by atoms with Crippen molar-refractivity contribution in [3.8, 4) is 5.75 Å². The van der Waals surface area contributed by atoms with Crippen molar-refractivity contribution < 1.29 is 9.90 Å². The zero-order chi connectivity index (χ0) is 12.4. The van der Waals surface area contributed by atoms with E-state index in [9.17, 15) is 9.90 Å². The molecule has 1 fully saturated rings. The Bertz CT molecular complexity index is 439. The van der Waals surface area contributed by atoms with Crippen molar-refractivity contribution in [3.05, 3.63) is 23.3 Å². The van der Waals surface area contributed by atoms with E-state index in [2.05, 4.69) is 5.32 Å². The summed E-state index contributed by atoms with van der Waals surface area (Å²) >= 11 is 1.83. The number of hydrogen-bond donors (Lipinski definition) is 2. The van der Waals surface area contributed by atoms with Crippen molar-refractivity contribution in [2.24, 2.45) is 5.92 Å². The molecule has 1 heterocycles. The molecule has 1 atom stereocenters. The highest BCUT2D eigenvalue weighted by Crippen LogP contribution is 2.28. The van der Waals surface area contributed by atoms with Crippen LogP contribution in [0.2, 0.25) is 0 Å². The lowest BCUT2D eigenvalue weighted by Crippen LogP contribution is -2.22. The third-order valence-corrected chi connectivity index (χ3v) is 4.26. The SMILES string of the molecule is Cc1cc(NC(=O)C2CCSC2)c(C)cc1O. The van der Waals surface area contributed by atoms with Gasteiger partial charge in [0.05, 0.1) is 0 Å². The van der Waals surface area contributed by atoms with Crippen LogP contribution >= 0.6 is 11.8 Å². The molecular formula is C13H17NO2S. The van der Waals surface area contributed by atoms with Gasteiger partial charge in [-0.3, -0.25) is 4.79 Å². The van der Waals surface area contributed by atoms with Gasteiger partial charge in [-0.1, -0.05) is 0 Å². The van der Waals surface area contributed by atoms with Crippen LogP contribution in [-0.4, -0.2) is 22.5 Å². The summed E-state index contributed by atoms with van der Waals surface area (Å²) in [6, 6.07) is 3.51. The first-order valence-electron chi connectivity index (χ1n) is 5.76. The zero-order valence-corrected chi connectivity index (χ0v) is 10.9. The molecule has 4 heteroatoms. The Labute approximate surface area is 106 Å². The Hall–Kier alpha value is -1.16. The molecule has 92 valence electrons. The maximum Gasteiger partial charge on any atom is 0.228 e. The van der Waals surface area contributed by atoms with E-state index >= 15 is 0 Å². The number of benzene rings is 1. The molecule has 1 unspecified atom stereocenters. The summed E-state index contributed by atoms with van der Waals surface area (Å²) in [6.45, 7) is 3.72. The molecule has 0 bridgehead atoms. The van der Waals surface area contributed by atoms with E-state index in [1.807, 2.05) is 31.7 Å². The average molecular weight is 251 g/mol. The monoisotopic (exact) mass is 251 g/mol. The first-order chi connectivity index (χ1) is 8.08. The van der Waals surface area contributed by atoms with Gasteiger partial charge in [-0.2, -0.15) is 11.8 Å². The Morgan fingerprint density at radius 2 is 2.18 bits per heavy atom. The van der Waals surface area contributed by atoms with Crippen LogP contribution in [0.1, 0.15) is 17.5 Å². The molecule has 1 aromatic carbocycles. The van der Waals surface area contributed by atoms with Crippen molar-refractivity contribution in [3.63, 3.8) is 0 Å². The summed E-state index contributed by atoms with van der Waals surface area (Å²) in [7, 11) is 0. The first-order valence-corrected chi connectivity index (χ1v) is 6.92. The summed E-state index contributed by atoms with van der Waals surface area (Å²) in [5.74, 6) is 2.50. The molecule has 2 rings (SSSR count). The summed E-state index contributed by atoms with van der Waals surface area (Å²) in [4.78, 5) is 12.0. The van der Waals surface area contributed by atoms with Crippen LogP contribution in [-0.2, 0) is 4.79 Å². The van der Waals surface area contributed by atoms with Crippen LogP contribution in [0.15, 0.2) is 12.1 Å². The molecule has 17 heavy (non-hydrogen) atoms. The third-order valence-electron chi connectivity index (χ3n) is 3.10. The Balaban J connectivity index is 2.12. The highest BCUT2D eigenvalue weighted by atomic mass is 32.2. The van der Waals surface area contributed by atoms with Gasteiger partial charge in [-0.05, 0) is 49.3 Å². The lowest BCUT2D eigenvalue weighted by molar-refractivity contribution is -0.119. The maximum absolute atomic E-state index is 12.0. The van der Waals surface area contributed by atoms with Crippen molar-refractivity contribution in [2.45, 2.75) is 20.3 Å². The van der Waals surface area contributed by atoms with Crippen LogP contribution in [0.3, 0.4) is 0 Å². The normalized spacial score (nSPS) is 19.3. The fourth-order valence-electron chi connectivity index (χ4n) is 1.91. The summed E-state index contributed by atoms with van der Waals surface area (Å²) in [5.41, 5.74) is 2.49. The molecule has 1 saturated heterocycles. The van der Waals surface area contributed by atoms with Gasteiger partial charge < -0.3 is 10.4 Å². The fraction of sp³-hybridized carbons (Fsp3) is 0.462. The van der Waals surface area contributed by atoms with E-state index < -0.39 is 0 Å². The third kappa shape index (κ3) is 2.75. The molecule has 2 N–H and O–H groups in total. The van der Waals surface area contributed by atoms with Crippen molar-refractivity contribution in [1.82, 2.24) is 0 Å². The standard InChI is InChI=1S/C13H17NO2S/c1-8-6-12(15)9(2)5-11(8)14-13(16)10-3-4-17-7-10/h5-6,10,15H,3-4,7H2,1-2H3,(H,14,16). The van der Waals surface area contributed by atoms with Gasteiger partial charge in [0.1, 0.15) is 5.75 Å². The molecular weight excluding hydrogens is 234 g/mol. The van der Waals surface area contributed by atoms with Gasteiger partial charge in [0.2, 0.25) is 5.91 Å². The second-order valence-electron chi connectivity index (χ2n) is 4.50. The predicted octanol–water partition coefficient (Wildman–Crippen LogP) is 2.70. The molecule has 1 aliphatic heterocycles. The average Bonchev–Trinajstić information content (AvgIpc) is 2.79. The van der Waals surface area contributed by atoms with Gasteiger partial charge in [0.25, 0.3) is 0 Å². The minimum atomic E-state index is 0.100. The predicted molar refractivity (Wildman–Crippen MR) is 71.6 cm³/mol. The summed E-state index contributed by atoms with van der Waals surface area (Å²) < 4.78 is 0. The number of phenols is 1. The minimum absolute atomic E-state index is 0.100. The number of phenolic OH excluding ortho intramolecular Hbond substituents is 1. The number of hydrogen-bond acceptors (Lipinski definition) is 3. The number of carbonyl (C=O) groups is 1. The quantitative estimate of drug-likeness (QED) is 0.795. The van der Waals surface area contributed by atoms with E-state index in [0.29, 0.717) is 0 Å². The van der Waals surface area contributed by atoms with Gasteiger partial charge in [0, 0.05) is 17.4 Å². The molecule has 0 spiro atoms. The van der Waals surface area contributed by atoms with Crippen LogP contribution in [0, 0.1) is 19.8 Å². The Morgan fingerprint density at radius 1 is 1.41 bits per heavy atom. The van der Waals surface area contributed by atoms with Crippen molar-refractivity contribution >= 4 is 23.4 Å². The second kappa shape index (κ2) is 5.00. The molecule has 1 amide bonds. The van der Waals surface area contributed by atoms with Gasteiger partial charge >= 0.3 is 0 Å².